The second-order valence-electron chi connectivity index (χ2n) is 14.6. The molecule has 0 saturated carbocycles. The molecule has 0 bridgehead atoms. The van der Waals surface area contributed by atoms with Crippen LogP contribution in [0.4, 0.5) is 4.79 Å². The Balaban J connectivity index is 1.38. The molecule has 3 aliphatic rings. The van der Waals surface area contributed by atoms with Crippen molar-refractivity contribution in [2.24, 2.45) is 16.5 Å². The van der Waals surface area contributed by atoms with Gasteiger partial charge in [-0.25, -0.2) is 9.59 Å². The van der Waals surface area contributed by atoms with Crippen LogP contribution >= 0.6 is 0 Å². The molecule has 1 fully saturated rings. The molecular formula is C40H52N8O9. The lowest BCUT2D eigenvalue weighted by Crippen LogP contribution is -2.58. The van der Waals surface area contributed by atoms with Crippen molar-refractivity contribution in [2.75, 3.05) is 19.7 Å². The predicted octanol–water partition coefficient (Wildman–Crippen LogP) is 0.988. The number of amides is 5. The molecule has 306 valence electrons. The maximum Gasteiger partial charge on any atom is 0.407 e. The first-order chi connectivity index (χ1) is 27.3. The van der Waals surface area contributed by atoms with E-state index in [0.717, 1.165) is 22.3 Å². The summed E-state index contributed by atoms with van der Waals surface area (Å²) in [5, 5.41) is 30.5. The van der Waals surface area contributed by atoms with Crippen molar-refractivity contribution in [2.45, 2.75) is 101 Å². The Morgan fingerprint density at radius 2 is 1.53 bits per heavy atom. The molecular weight excluding hydrogens is 736 g/mol. The Hall–Kier alpha value is -5.97. The van der Waals surface area contributed by atoms with E-state index in [4.69, 9.17) is 16.2 Å². The number of aliphatic carboxylic acids is 1. The van der Waals surface area contributed by atoms with Crippen molar-refractivity contribution < 1.29 is 43.7 Å². The Bertz CT molecular complexity index is 1820. The molecule has 10 N–H and O–H groups in total. The van der Waals surface area contributed by atoms with Crippen LogP contribution in [0.15, 0.2) is 65.7 Å². The third kappa shape index (κ3) is 11.1. The summed E-state index contributed by atoms with van der Waals surface area (Å²) in [5.74, 6) is -4.45. The second-order valence-corrected chi connectivity index (χ2v) is 14.6. The van der Waals surface area contributed by atoms with Crippen molar-refractivity contribution in [1.82, 2.24) is 26.2 Å². The first-order valence-corrected chi connectivity index (χ1v) is 19.3. The molecule has 0 aromatic heterocycles. The van der Waals surface area contributed by atoms with E-state index >= 15 is 0 Å². The molecule has 5 rings (SSSR count). The average molecular weight is 789 g/mol. The molecule has 57 heavy (non-hydrogen) atoms. The van der Waals surface area contributed by atoms with Gasteiger partial charge in [0.15, 0.2) is 5.96 Å². The lowest BCUT2D eigenvalue weighted by Gasteiger charge is -2.30. The minimum Gasteiger partial charge on any atom is -0.480 e. The van der Waals surface area contributed by atoms with Crippen LogP contribution in [-0.4, -0.2) is 113 Å². The zero-order valence-electron chi connectivity index (χ0n) is 31.9. The maximum absolute atomic E-state index is 14.2. The van der Waals surface area contributed by atoms with E-state index in [0.29, 0.717) is 6.42 Å². The van der Waals surface area contributed by atoms with Gasteiger partial charge < -0.3 is 52.6 Å². The van der Waals surface area contributed by atoms with E-state index in [9.17, 15) is 39.0 Å². The fourth-order valence-corrected chi connectivity index (χ4v) is 7.45. The third-order valence-corrected chi connectivity index (χ3v) is 10.4. The topological polar surface area (TPSA) is 268 Å². The number of nitrogens with zero attached hydrogens (tertiary/aromatic N) is 2. The lowest BCUT2D eigenvalue weighted by molar-refractivity contribution is -0.142. The van der Waals surface area contributed by atoms with Crippen LogP contribution < -0.4 is 32.7 Å². The van der Waals surface area contributed by atoms with Gasteiger partial charge in [0.2, 0.25) is 23.6 Å². The standard InChI is InChI=1S/C40H52N8O9/c1-23(49)18-19-30-35(51)44-29(16-8-20-43-39(41)42)34(50)46-32(38(54)55)15-7-6-14-31(37(53)48-21-9-17-33(48)36(52)45-30)47-40(56)57-22-28-26-12-4-2-10-24(26)25-11-3-5-13-27(25)28/h2-7,10-13,23,28-33,49H,8-9,14-22H2,1H3,(H,44,51)(H,45,52)(H,46,50)(H,47,56)(H,54,55)(H4,41,42,43)/b7-6+/t23?,29-,30-,31-,32-,33-/m0/s1. The summed E-state index contributed by atoms with van der Waals surface area (Å²) in [6.07, 6.45) is 2.19. The van der Waals surface area contributed by atoms with Crippen molar-refractivity contribution in [3.05, 3.63) is 71.8 Å². The van der Waals surface area contributed by atoms with Crippen molar-refractivity contribution in [1.29, 1.82) is 0 Å². The zero-order valence-corrected chi connectivity index (χ0v) is 31.9. The number of aliphatic hydroxyl groups excluding tert-OH is 1. The number of hydrogen-bond acceptors (Lipinski definition) is 9. The van der Waals surface area contributed by atoms with Gasteiger partial charge in [0, 0.05) is 19.0 Å². The van der Waals surface area contributed by atoms with Crippen molar-refractivity contribution >= 4 is 41.7 Å². The summed E-state index contributed by atoms with van der Waals surface area (Å²) >= 11 is 0. The van der Waals surface area contributed by atoms with Crippen LogP contribution in [0, 0.1) is 0 Å². The van der Waals surface area contributed by atoms with E-state index in [2.05, 4.69) is 26.3 Å². The van der Waals surface area contributed by atoms with E-state index in [1.54, 1.807) is 0 Å². The molecule has 2 aromatic carbocycles. The van der Waals surface area contributed by atoms with Gasteiger partial charge in [0.05, 0.1) is 6.10 Å². The number of nitrogens with one attached hydrogen (secondary N) is 4. The molecule has 0 spiro atoms. The molecule has 1 saturated heterocycles. The molecule has 0 radical (unpaired) electrons. The van der Waals surface area contributed by atoms with Crippen molar-refractivity contribution in [3.8, 4) is 11.1 Å². The van der Waals surface area contributed by atoms with Gasteiger partial charge in [-0.15, -0.1) is 0 Å². The van der Waals surface area contributed by atoms with Crippen LogP contribution in [0.25, 0.3) is 11.1 Å². The highest BCUT2D eigenvalue weighted by Gasteiger charge is 2.40. The number of carbonyl (C=O) groups is 6. The summed E-state index contributed by atoms with van der Waals surface area (Å²) in [6, 6.07) is 9.67. The molecule has 1 unspecified atom stereocenters. The fourth-order valence-electron chi connectivity index (χ4n) is 7.45. The van der Waals surface area contributed by atoms with Crippen molar-refractivity contribution in [3.63, 3.8) is 0 Å². The van der Waals surface area contributed by atoms with Gasteiger partial charge in [0.25, 0.3) is 0 Å². The highest BCUT2D eigenvalue weighted by molar-refractivity contribution is 5.96. The van der Waals surface area contributed by atoms with Crippen LogP contribution in [0.5, 0.6) is 0 Å². The second kappa shape index (κ2) is 19.8. The number of aliphatic hydroxyl groups is 1. The third-order valence-electron chi connectivity index (χ3n) is 10.4. The number of alkyl carbamates (subject to hydrolysis) is 1. The summed E-state index contributed by atoms with van der Waals surface area (Å²) in [7, 11) is 0. The highest BCUT2D eigenvalue weighted by atomic mass is 16.5. The lowest BCUT2D eigenvalue weighted by atomic mass is 9.98. The number of carbonyl (C=O) groups excluding carboxylic acids is 5. The molecule has 2 heterocycles. The largest absolute Gasteiger partial charge is 0.480 e. The average Bonchev–Trinajstić information content (AvgIpc) is 3.80. The molecule has 6 atom stereocenters. The smallest absolute Gasteiger partial charge is 0.407 e. The van der Waals surface area contributed by atoms with Crippen LogP contribution in [0.1, 0.15) is 75.3 Å². The molecule has 17 nitrogen and oxygen atoms in total. The first-order valence-electron chi connectivity index (χ1n) is 19.3. The highest BCUT2D eigenvalue weighted by Crippen LogP contribution is 2.44. The summed E-state index contributed by atoms with van der Waals surface area (Å²) in [5.41, 5.74) is 15.0. The normalized spacial score (nSPS) is 24.0. The Kier molecular flexibility index (Phi) is 14.6. The number of benzene rings is 2. The fraction of sp³-hybridized carbons (Fsp3) is 0.475. The van der Waals surface area contributed by atoms with Crippen LogP contribution in [0.3, 0.4) is 0 Å². The zero-order chi connectivity index (χ0) is 41.1. The van der Waals surface area contributed by atoms with Gasteiger partial charge in [-0.2, -0.15) is 0 Å². The first kappa shape index (κ1) is 42.2. The van der Waals surface area contributed by atoms with Gasteiger partial charge in [0.1, 0.15) is 36.8 Å². The number of hydrogen-bond donors (Lipinski definition) is 8. The van der Waals surface area contributed by atoms with E-state index in [1.165, 1.54) is 24.0 Å². The minimum atomic E-state index is -1.42. The summed E-state index contributed by atoms with van der Waals surface area (Å²) < 4.78 is 5.73. The quantitative estimate of drug-likeness (QED) is 0.0689. The number of carboxylic acid groups (broad SMARTS) is 1. The molecule has 17 heteroatoms. The van der Waals surface area contributed by atoms with Gasteiger partial charge in [-0.1, -0.05) is 60.7 Å². The SMILES string of the molecule is CC(O)CC[C@@H]1NC(=O)[C@@H]2CCCN2C(=O)[C@@H](NC(=O)OCC2c3ccccc3-c3ccccc32)C/C=C/C[C@@H](C(=O)O)NC(=O)[C@H](CCCN=C(N)N)NC1=O. The molecule has 5 amide bonds. The summed E-state index contributed by atoms with van der Waals surface area (Å²) in [6.45, 7) is 1.85. The van der Waals surface area contributed by atoms with Gasteiger partial charge in [-0.05, 0) is 80.5 Å². The molecule has 1 aliphatic carbocycles. The Labute approximate surface area is 330 Å². The number of rotatable bonds is 11. The predicted molar refractivity (Wildman–Crippen MR) is 209 cm³/mol. The monoisotopic (exact) mass is 788 g/mol. The Morgan fingerprint density at radius 1 is 0.912 bits per heavy atom. The number of carboxylic acids is 1. The van der Waals surface area contributed by atoms with E-state index in [1.807, 2.05) is 48.5 Å². The molecule has 2 aromatic rings. The van der Waals surface area contributed by atoms with E-state index in [-0.39, 0.29) is 76.5 Å². The number of guanidine groups is 1. The number of fused-ring (bicyclic) bond motifs is 4. The van der Waals surface area contributed by atoms with Gasteiger partial charge >= 0.3 is 12.1 Å². The Morgan fingerprint density at radius 3 is 2.18 bits per heavy atom. The number of aliphatic imine (C=N–C) groups is 1. The number of ether oxygens (including phenoxy) is 1. The van der Waals surface area contributed by atoms with Crippen LogP contribution in [0.2, 0.25) is 0 Å². The summed E-state index contributed by atoms with van der Waals surface area (Å²) in [4.78, 5) is 86.2. The minimum absolute atomic E-state index is 0.00344. The van der Waals surface area contributed by atoms with Gasteiger partial charge in [-0.3, -0.25) is 24.2 Å². The van der Waals surface area contributed by atoms with Crippen LogP contribution in [-0.2, 0) is 28.7 Å². The number of nitrogens with two attached hydrogens (primary N) is 2. The molecule has 2 aliphatic heterocycles. The maximum atomic E-state index is 14.2. The van der Waals surface area contributed by atoms with E-state index < -0.39 is 72.0 Å².